The molecule has 0 bridgehead atoms. The molecule has 0 saturated heterocycles. The van der Waals surface area contributed by atoms with Crippen molar-refractivity contribution in [2.75, 3.05) is 0 Å². The molecule has 0 spiro atoms. The maximum atomic E-state index is 11.7. The zero-order valence-electron chi connectivity index (χ0n) is 7.75. The fourth-order valence-electron chi connectivity index (χ4n) is 1.76. The molecule has 0 aromatic carbocycles. The van der Waals surface area contributed by atoms with Crippen LogP contribution in [0.3, 0.4) is 0 Å². The van der Waals surface area contributed by atoms with Crippen LogP contribution < -0.4 is 5.32 Å². The smallest absolute Gasteiger partial charge is 0.261 e. The lowest BCUT2D eigenvalue weighted by atomic mass is 10.2. The van der Waals surface area contributed by atoms with Gasteiger partial charge >= 0.3 is 0 Å². The van der Waals surface area contributed by atoms with Crippen molar-refractivity contribution in [2.45, 2.75) is 31.7 Å². The third-order valence-electron chi connectivity index (χ3n) is 2.48. The Labute approximate surface area is 92.3 Å². The highest BCUT2D eigenvalue weighted by Gasteiger charge is 2.18. The summed E-state index contributed by atoms with van der Waals surface area (Å²) >= 11 is 7.15. The Balaban J connectivity index is 1.95. The van der Waals surface area contributed by atoms with E-state index in [9.17, 15) is 4.79 Å². The van der Waals surface area contributed by atoms with E-state index in [2.05, 4.69) is 5.32 Å². The zero-order valence-corrected chi connectivity index (χ0v) is 9.33. The monoisotopic (exact) mass is 229 g/mol. The molecular weight excluding hydrogens is 218 g/mol. The lowest BCUT2D eigenvalue weighted by Crippen LogP contribution is -2.31. The average molecular weight is 230 g/mol. The number of thiophene rings is 1. The summed E-state index contributed by atoms with van der Waals surface area (Å²) in [6.45, 7) is 0. The van der Waals surface area contributed by atoms with Crippen LogP contribution in [-0.2, 0) is 0 Å². The average Bonchev–Trinajstić information content (AvgIpc) is 2.75. The minimum absolute atomic E-state index is 0.0220. The van der Waals surface area contributed by atoms with Gasteiger partial charge in [0.2, 0.25) is 0 Å². The van der Waals surface area contributed by atoms with Gasteiger partial charge in [0.05, 0.1) is 9.90 Å². The summed E-state index contributed by atoms with van der Waals surface area (Å²) in [4.78, 5) is 12.4. The second-order valence-electron chi connectivity index (χ2n) is 3.58. The molecule has 14 heavy (non-hydrogen) atoms. The molecule has 2 nitrogen and oxygen atoms in total. The molecule has 0 atom stereocenters. The Morgan fingerprint density at radius 3 is 2.79 bits per heavy atom. The molecule has 1 fully saturated rings. The molecule has 0 radical (unpaired) electrons. The van der Waals surface area contributed by atoms with E-state index in [0.717, 1.165) is 12.8 Å². The predicted octanol–water partition coefficient (Wildman–Crippen LogP) is 3.07. The molecule has 1 N–H and O–H groups in total. The van der Waals surface area contributed by atoms with Crippen LogP contribution in [0.25, 0.3) is 0 Å². The van der Waals surface area contributed by atoms with Gasteiger partial charge in [0.15, 0.2) is 0 Å². The molecule has 1 aromatic rings. The zero-order chi connectivity index (χ0) is 9.97. The van der Waals surface area contributed by atoms with E-state index in [1.165, 1.54) is 24.2 Å². The Kier molecular flexibility index (Phi) is 3.08. The molecule has 0 unspecified atom stereocenters. The molecular formula is C10H12ClNOS. The van der Waals surface area contributed by atoms with Gasteiger partial charge in [-0.1, -0.05) is 24.4 Å². The first kappa shape index (κ1) is 9.99. The number of carbonyl (C=O) groups is 1. The molecule has 1 saturated carbocycles. The second kappa shape index (κ2) is 4.32. The van der Waals surface area contributed by atoms with Crippen molar-refractivity contribution in [2.24, 2.45) is 0 Å². The van der Waals surface area contributed by atoms with E-state index < -0.39 is 0 Å². The van der Waals surface area contributed by atoms with Gasteiger partial charge in [-0.25, -0.2) is 0 Å². The number of rotatable bonds is 2. The second-order valence-corrected chi connectivity index (χ2v) is 4.93. The summed E-state index contributed by atoms with van der Waals surface area (Å²) in [7, 11) is 0. The van der Waals surface area contributed by atoms with Crippen LogP contribution in [0.2, 0.25) is 5.02 Å². The van der Waals surface area contributed by atoms with Crippen molar-refractivity contribution >= 4 is 28.8 Å². The van der Waals surface area contributed by atoms with E-state index in [-0.39, 0.29) is 5.91 Å². The summed E-state index contributed by atoms with van der Waals surface area (Å²) in [5, 5.41) is 5.45. The Hall–Kier alpha value is -0.540. The summed E-state index contributed by atoms with van der Waals surface area (Å²) < 4.78 is 0. The third kappa shape index (κ3) is 2.28. The molecule has 1 aliphatic carbocycles. The van der Waals surface area contributed by atoms with Gasteiger partial charge in [0, 0.05) is 11.4 Å². The van der Waals surface area contributed by atoms with Crippen LogP contribution in [0.5, 0.6) is 0 Å². The number of hydrogen-bond donors (Lipinski definition) is 1. The highest BCUT2D eigenvalue weighted by molar-refractivity contribution is 7.12. The van der Waals surface area contributed by atoms with Gasteiger partial charge in [-0.05, 0) is 18.9 Å². The van der Waals surface area contributed by atoms with Crippen LogP contribution in [0.15, 0.2) is 11.4 Å². The third-order valence-corrected chi connectivity index (χ3v) is 3.76. The lowest BCUT2D eigenvalue weighted by Gasteiger charge is -2.10. The number of halogens is 1. The maximum absolute atomic E-state index is 11.7. The molecule has 2 rings (SSSR count). The number of amides is 1. The number of hydrogen-bond acceptors (Lipinski definition) is 2. The van der Waals surface area contributed by atoms with E-state index >= 15 is 0 Å². The number of nitrogens with one attached hydrogen (secondary N) is 1. The molecule has 4 heteroatoms. The maximum Gasteiger partial charge on any atom is 0.261 e. The van der Waals surface area contributed by atoms with Crippen molar-refractivity contribution < 1.29 is 4.79 Å². The summed E-state index contributed by atoms with van der Waals surface area (Å²) in [6, 6.07) is 2.10. The first-order valence-corrected chi connectivity index (χ1v) is 6.06. The fourth-order valence-corrected chi connectivity index (χ4v) is 2.73. The lowest BCUT2D eigenvalue weighted by molar-refractivity contribution is 0.0942. The standard InChI is InChI=1S/C10H12ClNOS/c11-7-5-9(14-6-7)10(13)12-8-3-1-2-4-8/h5-6,8H,1-4H2,(H,12,13). The van der Waals surface area contributed by atoms with Crippen LogP contribution in [0.1, 0.15) is 35.4 Å². The molecule has 0 aliphatic heterocycles. The summed E-state index contributed by atoms with van der Waals surface area (Å²) in [5.41, 5.74) is 0. The Morgan fingerprint density at radius 2 is 2.21 bits per heavy atom. The van der Waals surface area contributed by atoms with Crippen molar-refractivity contribution in [1.82, 2.24) is 5.32 Å². The van der Waals surface area contributed by atoms with Gasteiger partial charge in [0.25, 0.3) is 5.91 Å². The quantitative estimate of drug-likeness (QED) is 0.830. The molecule has 76 valence electrons. The van der Waals surface area contributed by atoms with Crippen molar-refractivity contribution in [3.8, 4) is 0 Å². The van der Waals surface area contributed by atoms with Crippen LogP contribution in [0, 0.1) is 0 Å². The van der Waals surface area contributed by atoms with Crippen LogP contribution in [-0.4, -0.2) is 11.9 Å². The first-order chi connectivity index (χ1) is 6.75. The molecule has 1 aliphatic rings. The van der Waals surface area contributed by atoms with Gasteiger partial charge in [-0.3, -0.25) is 4.79 Å². The van der Waals surface area contributed by atoms with Crippen molar-refractivity contribution in [3.63, 3.8) is 0 Å². The minimum Gasteiger partial charge on any atom is -0.349 e. The topological polar surface area (TPSA) is 29.1 Å². The predicted molar refractivity (Wildman–Crippen MR) is 59.1 cm³/mol. The Morgan fingerprint density at radius 1 is 1.50 bits per heavy atom. The molecule has 1 heterocycles. The van der Waals surface area contributed by atoms with E-state index in [1.54, 1.807) is 11.4 Å². The minimum atomic E-state index is 0.0220. The van der Waals surface area contributed by atoms with E-state index in [1.807, 2.05) is 0 Å². The van der Waals surface area contributed by atoms with Gasteiger partial charge < -0.3 is 5.32 Å². The van der Waals surface area contributed by atoms with Gasteiger partial charge in [-0.2, -0.15) is 0 Å². The Bertz CT molecular complexity index is 331. The fraction of sp³-hybridized carbons (Fsp3) is 0.500. The molecule has 1 aromatic heterocycles. The van der Waals surface area contributed by atoms with Crippen LogP contribution in [0.4, 0.5) is 0 Å². The summed E-state index contributed by atoms with van der Waals surface area (Å²) in [5.74, 6) is 0.0220. The van der Waals surface area contributed by atoms with E-state index in [0.29, 0.717) is 15.9 Å². The molecule has 1 amide bonds. The highest BCUT2D eigenvalue weighted by Crippen LogP contribution is 2.21. The van der Waals surface area contributed by atoms with Crippen molar-refractivity contribution in [3.05, 3.63) is 21.3 Å². The SMILES string of the molecule is O=C(NC1CCCC1)c1cc(Cl)cs1. The first-order valence-electron chi connectivity index (χ1n) is 4.80. The van der Waals surface area contributed by atoms with Gasteiger partial charge in [0.1, 0.15) is 0 Å². The number of carbonyl (C=O) groups excluding carboxylic acids is 1. The normalized spacial score (nSPS) is 17.2. The van der Waals surface area contributed by atoms with Crippen molar-refractivity contribution in [1.29, 1.82) is 0 Å². The van der Waals surface area contributed by atoms with Crippen LogP contribution >= 0.6 is 22.9 Å². The summed E-state index contributed by atoms with van der Waals surface area (Å²) in [6.07, 6.45) is 4.70. The highest BCUT2D eigenvalue weighted by atomic mass is 35.5. The largest absolute Gasteiger partial charge is 0.349 e. The van der Waals surface area contributed by atoms with Gasteiger partial charge in [-0.15, -0.1) is 11.3 Å². The van der Waals surface area contributed by atoms with E-state index in [4.69, 9.17) is 11.6 Å².